The van der Waals surface area contributed by atoms with Crippen molar-refractivity contribution < 1.29 is 112 Å². The van der Waals surface area contributed by atoms with Gasteiger partial charge in [0, 0.05) is 78.0 Å². The molecule has 0 spiro atoms. The van der Waals surface area contributed by atoms with Crippen LogP contribution in [0.4, 0.5) is 26.3 Å². The SMILES string of the molecule is CC(=O)Oc1cc2c(c(OC(C)=O)c1)C(=O)O[C@H](C)C[C@H]1C[C@@H]1/C=C\C=C\[C@H](O)C2.COC(C(=O)Cl)(c1ccccc1)C(F)(F)F.COC(C(=O)O[C@H]1/C=C/C=C\[C@H]2C[C@@H]2C[C@@H](C)OC(=O)c2c(cc(OC(C)=O)cc2OC(C)=O)C1)(c1ccccc1)C(F)(F)F. The van der Waals surface area contributed by atoms with Crippen molar-refractivity contribution >= 4 is 58.6 Å². The van der Waals surface area contributed by atoms with Crippen LogP contribution in [-0.4, -0.2) is 103 Å². The number of carbonyl (C=O) groups is 8. The summed E-state index contributed by atoms with van der Waals surface area (Å²) in [6.07, 6.45) is 3.44. The van der Waals surface area contributed by atoms with Gasteiger partial charge in [0.05, 0.1) is 18.3 Å². The molecule has 0 radical (unpaired) electrons. The Kier molecular flexibility index (Phi) is 24.4. The molecular formula is C66H67ClF6O18. The molecule has 2 aliphatic heterocycles. The number of cyclic esters (lactones) is 2. The molecule has 8 rings (SSSR count). The number of hydrogen-bond acceptors (Lipinski definition) is 18. The average Bonchev–Trinajstić information content (AvgIpc) is 1.46. The largest absolute Gasteiger partial charge is 0.459 e. The lowest BCUT2D eigenvalue weighted by atomic mass is 9.92. The number of ether oxygens (including phenoxy) is 9. The normalized spacial score (nSPS) is 24.0. The Morgan fingerprint density at radius 3 is 1.30 bits per heavy atom. The smallest absolute Gasteiger partial charge is 0.432 e. The summed E-state index contributed by atoms with van der Waals surface area (Å²) in [6.45, 7) is 8.22. The van der Waals surface area contributed by atoms with Crippen LogP contribution in [-0.2, 0) is 76.5 Å². The molecule has 0 saturated heterocycles. The van der Waals surface area contributed by atoms with Gasteiger partial charge in [-0.05, 0) is 104 Å². The third-order valence-electron chi connectivity index (χ3n) is 14.6. The molecule has 1 N–H and O–H groups in total. The van der Waals surface area contributed by atoms with E-state index in [0.29, 0.717) is 23.8 Å². The van der Waals surface area contributed by atoms with E-state index in [2.05, 4.69) is 10.8 Å². The minimum Gasteiger partial charge on any atom is -0.459 e. The third kappa shape index (κ3) is 18.8. The number of halogens is 7. The standard InChI is InChI=1S/C33H33F3O9.C23H26O7.C10H8ClF3O2/c1-19-14-23-15-22(23)10-8-9-13-26(45-31(40)32(41-4,33(34,35)36)25-11-6-5-7-12-25)16-24-17-27(43-20(2)37)18-28(44-21(3)38)29(24)30(39)42-19;1-13-8-17-9-16(17)6-4-5-7-19(26)10-18-11-20(29-14(2)24)12-21(30-15(3)25)22(18)23(27)28-13;1-16-9(8(11)15,10(12,13)14)7-5-3-2-4-6-7/h5-13,17-19,22-23,26H,14-16H2,1-4H3;4-7,11-13,16-17,19,26H,8-10H2,1-3H3;2-6H,1H3/b10-8-,13-9+;6-4-,7-5+;/t19-,22+,23+,26+,32?;13-,16+,17+,19+;/m11./s1. The van der Waals surface area contributed by atoms with Gasteiger partial charge in [-0.25, -0.2) is 14.4 Å². The molecule has 4 aliphatic rings. The fraction of sp³-hybridized carbons (Fsp3) is 0.394. The van der Waals surface area contributed by atoms with E-state index in [4.69, 9.17) is 49.5 Å². The highest BCUT2D eigenvalue weighted by Gasteiger charge is 2.65. The quantitative estimate of drug-likeness (QED) is 0.0482. The molecule has 0 aromatic heterocycles. The second kappa shape index (κ2) is 31.0. The Balaban J connectivity index is 0.000000244. The first-order valence-electron chi connectivity index (χ1n) is 28.5. The number of allylic oxidation sites excluding steroid dienone is 6. The number of methoxy groups -OCH3 is 2. The van der Waals surface area contributed by atoms with Crippen LogP contribution in [0.1, 0.15) is 110 Å². The molecule has 10 atom stereocenters. The Hall–Kier alpha value is -8.45. The summed E-state index contributed by atoms with van der Waals surface area (Å²) in [5.41, 5.74) is -7.24. The van der Waals surface area contributed by atoms with Crippen LogP contribution in [0.5, 0.6) is 23.0 Å². The van der Waals surface area contributed by atoms with Crippen LogP contribution in [0, 0.1) is 23.7 Å². The van der Waals surface area contributed by atoms with E-state index in [1.165, 1.54) is 80.6 Å². The number of esters is 7. The van der Waals surface area contributed by atoms with E-state index in [9.17, 15) is 69.8 Å². The van der Waals surface area contributed by atoms with Gasteiger partial charge in [0.2, 0.25) is 0 Å². The van der Waals surface area contributed by atoms with Crippen LogP contribution in [0.2, 0.25) is 0 Å². The van der Waals surface area contributed by atoms with Gasteiger partial charge in [-0.2, -0.15) is 26.3 Å². The van der Waals surface area contributed by atoms with Gasteiger partial charge >= 0.3 is 54.1 Å². The number of rotatable bonds is 11. The summed E-state index contributed by atoms with van der Waals surface area (Å²) in [7, 11) is 1.55. The highest BCUT2D eigenvalue weighted by molar-refractivity contribution is 6.65. The number of fused-ring (bicyclic) bond motifs is 4. The molecule has 2 saturated carbocycles. The lowest BCUT2D eigenvalue weighted by Gasteiger charge is -2.33. The summed E-state index contributed by atoms with van der Waals surface area (Å²) in [4.78, 5) is 98.0. The molecule has 2 fully saturated rings. The number of aliphatic hydroxyl groups is 1. The van der Waals surface area contributed by atoms with Crippen LogP contribution in [0.25, 0.3) is 0 Å². The molecule has 25 heteroatoms. The fourth-order valence-corrected chi connectivity index (χ4v) is 10.7. The summed E-state index contributed by atoms with van der Waals surface area (Å²) in [6, 6.07) is 18.1. The van der Waals surface area contributed by atoms with Gasteiger partial charge in [0.15, 0.2) is 0 Å². The number of aliphatic hydroxyl groups excluding tert-OH is 1. The van der Waals surface area contributed by atoms with Crippen molar-refractivity contribution in [3.63, 3.8) is 0 Å². The van der Waals surface area contributed by atoms with Crippen LogP contribution in [0.3, 0.4) is 0 Å². The molecule has 91 heavy (non-hydrogen) atoms. The maximum absolute atomic E-state index is 14.6. The first-order valence-corrected chi connectivity index (χ1v) is 28.8. The zero-order valence-corrected chi connectivity index (χ0v) is 51.4. The average molecular weight is 1300 g/mol. The van der Waals surface area contributed by atoms with Crippen molar-refractivity contribution in [3.8, 4) is 23.0 Å². The number of benzene rings is 4. The van der Waals surface area contributed by atoms with Gasteiger partial charge in [-0.3, -0.25) is 24.0 Å². The Labute approximate surface area is 525 Å². The molecule has 488 valence electrons. The maximum Gasteiger partial charge on any atom is 0.432 e. The zero-order valence-electron chi connectivity index (χ0n) is 50.6. The zero-order chi connectivity index (χ0) is 67.2. The van der Waals surface area contributed by atoms with Gasteiger partial charge in [0.1, 0.15) is 40.2 Å². The van der Waals surface area contributed by atoms with Crippen LogP contribution < -0.4 is 18.9 Å². The molecule has 4 aromatic carbocycles. The van der Waals surface area contributed by atoms with Gasteiger partial charge in [-0.1, -0.05) is 103 Å². The van der Waals surface area contributed by atoms with E-state index in [1.54, 1.807) is 25.2 Å². The van der Waals surface area contributed by atoms with Gasteiger partial charge in [0.25, 0.3) is 16.4 Å². The molecule has 2 aliphatic carbocycles. The minimum atomic E-state index is -5.23. The lowest BCUT2D eigenvalue weighted by Crippen LogP contribution is -2.52. The molecule has 0 amide bonds. The highest BCUT2D eigenvalue weighted by atomic mass is 35.5. The van der Waals surface area contributed by atoms with E-state index in [0.717, 1.165) is 77.7 Å². The van der Waals surface area contributed by atoms with Crippen molar-refractivity contribution in [3.05, 3.63) is 167 Å². The molecule has 2 unspecified atom stereocenters. The van der Waals surface area contributed by atoms with E-state index < -0.39 is 101 Å². The molecule has 18 nitrogen and oxygen atoms in total. The van der Waals surface area contributed by atoms with Gasteiger partial charge in [-0.15, -0.1) is 0 Å². The molecule has 4 aromatic rings. The van der Waals surface area contributed by atoms with E-state index in [-0.39, 0.29) is 69.6 Å². The van der Waals surface area contributed by atoms with Crippen molar-refractivity contribution in [1.82, 2.24) is 0 Å². The van der Waals surface area contributed by atoms with Crippen molar-refractivity contribution in [2.24, 2.45) is 23.7 Å². The van der Waals surface area contributed by atoms with Crippen LogP contribution in [0.15, 0.2) is 134 Å². The predicted octanol–water partition coefficient (Wildman–Crippen LogP) is 11.8. The molecule has 2 heterocycles. The Bertz CT molecular complexity index is 3440. The molecular weight excluding hydrogens is 1230 g/mol. The Morgan fingerprint density at radius 2 is 0.912 bits per heavy atom. The first-order chi connectivity index (χ1) is 42.8. The van der Waals surface area contributed by atoms with Crippen molar-refractivity contribution in [1.29, 1.82) is 0 Å². The second-order valence-electron chi connectivity index (χ2n) is 21.7. The molecule has 0 bridgehead atoms. The topological polar surface area (TPSA) is 240 Å². The minimum absolute atomic E-state index is 0.0183. The third-order valence-corrected chi connectivity index (χ3v) is 14.9. The number of alkyl halides is 6. The highest BCUT2D eigenvalue weighted by Crippen LogP contribution is 2.47. The fourth-order valence-electron chi connectivity index (χ4n) is 10.4. The predicted molar refractivity (Wildman–Crippen MR) is 313 cm³/mol. The van der Waals surface area contributed by atoms with Crippen LogP contribution >= 0.6 is 11.6 Å². The summed E-state index contributed by atoms with van der Waals surface area (Å²) in [5.74, 6) is -5.05. The first kappa shape index (κ1) is 71.6. The summed E-state index contributed by atoms with van der Waals surface area (Å²) >= 11 is 5.04. The van der Waals surface area contributed by atoms with E-state index >= 15 is 0 Å². The number of hydrogen-bond donors (Lipinski definition) is 1. The lowest BCUT2D eigenvalue weighted by molar-refractivity contribution is -0.277. The Morgan fingerprint density at radius 1 is 0.527 bits per heavy atom. The van der Waals surface area contributed by atoms with Crippen molar-refractivity contribution in [2.45, 2.75) is 128 Å². The monoisotopic (exact) mass is 1300 g/mol. The maximum atomic E-state index is 14.6. The van der Waals surface area contributed by atoms with Crippen molar-refractivity contribution in [2.75, 3.05) is 14.2 Å². The van der Waals surface area contributed by atoms with E-state index in [1.807, 2.05) is 19.1 Å². The summed E-state index contributed by atoms with van der Waals surface area (Å²) in [5, 5.41) is 8.82. The summed E-state index contributed by atoms with van der Waals surface area (Å²) < 4.78 is 129. The second-order valence-corrected chi connectivity index (χ2v) is 22.1. The van der Waals surface area contributed by atoms with Gasteiger partial charge < -0.3 is 47.7 Å². The number of carbonyl (C=O) groups excluding carboxylic acids is 8.